The van der Waals surface area contributed by atoms with E-state index < -0.39 is 24.6 Å². The summed E-state index contributed by atoms with van der Waals surface area (Å²) in [5, 5.41) is 29.9. The molecule has 0 saturated carbocycles. The lowest BCUT2D eigenvalue weighted by molar-refractivity contribution is -0.139. The number of para-hydroxylation sites is 1. The van der Waals surface area contributed by atoms with Gasteiger partial charge in [0.25, 0.3) is 0 Å². The summed E-state index contributed by atoms with van der Waals surface area (Å²) in [6, 6.07) is 14.4. The van der Waals surface area contributed by atoms with E-state index in [1.165, 1.54) is 12.1 Å². The van der Waals surface area contributed by atoms with Crippen LogP contribution in [0.3, 0.4) is 0 Å². The van der Waals surface area contributed by atoms with Crippen LogP contribution in [0.15, 0.2) is 54.6 Å². The van der Waals surface area contributed by atoms with E-state index in [2.05, 4.69) is 18.4 Å². The summed E-state index contributed by atoms with van der Waals surface area (Å²) in [6.45, 7) is 4.12. The number of benzene rings is 2. The minimum atomic E-state index is -1.13. The second-order valence-corrected chi connectivity index (χ2v) is 7.66. The van der Waals surface area contributed by atoms with E-state index in [1.807, 2.05) is 24.3 Å². The third kappa shape index (κ3) is 5.81. The Labute approximate surface area is 191 Å². The molecule has 3 aromatic rings. The molecule has 3 rings (SSSR count). The van der Waals surface area contributed by atoms with E-state index >= 15 is 0 Å². The zero-order valence-corrected chi connectivity index (χ0v) is 19.1. The number of hydrogen-bond acceptors (Lipinski definition) is 3. The lowest BCUT2D eigenvalue weighted by atomic mass is 10.0. The van der Waals surface area contributed by atoms with Crippen LogP contribution in [0.25, 0.3) is 28.1 Å². The fourth-order valence-electron chi connectivity index (χ4n) is 3.77. The Hall–Kier alpha value is -2.48. The van der Waals surface area contributed by atoms with Gasteiger partial charge in [0.2, 0.25) is 0 Å². The number of fused-ring (bicyclic) bond motifs is 1. The zero-order valence-electron chi connectivity index (χ0n) is 17.4. The minimum absolute atomic E-state index is 0. The molecule has 2 aromatic carbocycles. The summed E-state index contributed by atoms with van der Waals surface area (Å²) >= 11 is 0. The van der Waals surface area contributed by atoms with Gasteiger partial charge < -0.3 is 19.9 Å². The van der Waals surface area contributed by atoms with Gasteiger partial charge in [-0.3, -0.25) is 4.79 Å². The molecule has 0 aliphatic rings. The van der Waals surface area contributed by atoms with Crippen molar-refractivity contribution in [1.29, 1.82) is 0 Å². The van der Waals surface area contributed by atoms with Crippen LogP contribution in [0.2, 0.25) is 0 Å². The molecule has 7 heteroatoms. The molecule has 0 aliphatic carbocycles. The van der Waals surface area contributed by atoms with Gasteiger partial charge in [0.05, 0.1) is 18.6 Å². The van der Waals surface area contributed by atoms with E-state index in [0.717, 1.165) is 27.7 Å². The maximum absolute atomic E-state index is 13.5. The van der Waals surface area contributed by atoms with Crippen LogP contribution >= 0.6 is 17.0 Å². The van der Waals surface area contributed by atoms with E-state index in [0.29, 0.717) is 0 Å². The number of nitrogens with zero attached hydrogens (tertiary/aromatic N) is 1. The fraction of sp³-hybridized carbons (Fsp3) is 0.292. The van der Waals surface area contributed by atoms with Gasteiger partial charge in [-0.25, -0.2) is 4.39 Å². The Morgan fingerprint density at radius 3 is 2.35 bits per heavy atom. The summed E-state index contributed by atoms with van der Waals surface area (Å²) in [4.78, 5) is 10.7. The average Bonchev–Trinajstić information content (AvgIpc) is 3.00. The highest BCUT2D eigenvalue weighted by Crippen LogP contribution is 2.38. The largest absolute Gasteiger partial charge is 0.481 e. The van der Waals surface area contributed by atoms with Crippen molar-refractivity contribution in [2.75, 3.05) is 0 Å². The van der Waals surface area contributed by atoms with Gasteiger partial charge in [-0.05, 0) is 43.7 Å². The predicted molar refractivity (Wildman–Crippen MR) is 126 cm³/mol. The first-order chi connectivity index (χ1) is 14.3. The Morgan fingerprint density at radius 2 is 1.74 bits per heavy atom. The number of aliphatic hydroxyl groups excluding tert-OH is 2. The molecule has 0 amide bonds. The Kier molecular flexibility index (Phi) is 8.56. The van der Waals surface area contributed by atoms with Crippen molar-refractivity contribution >= 4 is 39.9 Å². The van der Waals surface area contributed by atoms with Gasteiger partial charge in [0.15, 0.2) is 0 Å². The van der Waals surface area contributed by atoms with Crippen molar-refractivity contribution < 1.29 is 24.5 Å². The number of aliphatic carboxylic acids is 1. The maximum Gasteiger partial charge on any atom is 0.305 e. The molecule has 5 nitrogen and oxygen atoms in total. The molecule has 166 valence electrons. The SMILES string of the molecule is Br.CC(C)n1c(/C=C/[C@@H](O)C[C@@H](O)CC(=O)O)c(-c2ccc(F)cc2)c2ccccc21. The van der Waals surface area contributed by atoms with Crippen LogP contribution in [-0.4, -0.2) is 38.1 Å². The standard InChI is InChI=1S/C24H26FNO4.BrH/c1-15(2)26-21-6-4-3-5-20(21)24(16-7-9-17(25)10-8-16)22(26)12-11-18(27)13-19(28)14-23(29)30;/h3-12,15,18-19,27-28H,13-14H2,1-2H3,(H,29,30);1H/b12-11+;/t18-,19-;/m1./s1. The van der Waals surface area contributed by atoms with Crippen LogP contribution in [0.1, 0.15) is 38.4 Å². The Bertz CT molecular complexity index is 1060. The number of halogens is 2. The second kappa shape index (κ2) is 10.7. The number of carboxylic acids is 1. The third-order valence-electron chi connectivity index (χ3n) is 5.00. The van der Waals surface area contributed by atoms with Crippen molar-refractivity contribution in [2.45, 2.75) is 44.9 Å². The molecule has 2 atom stereocenters. The van der Waals surface area contributed by atoms with Crippen LogP contribution in [-0.2, 0) is 4.79 Å². The normalized spacial score (nSPS) is 13.5. The third-order valence-corrected chi connectivity index (χ3v) is 5.00. The summed E-state index contributed by atoms with van der Waals surface area (Å²) in [5.74, 6) is -1.43. The first kappa shape index (κ1) is 24.8. The molecule has 0 aliphatic heterocycles. The van der Waals surface area contributed by atoms with Crippen LogP contribution in [0.4, 0.5) is 4.39 Å². The van der Waals surface area contributed by atoms with Crippen LogP contribution in [0, 0.1) is 5.82 Å². The van der Waals surface area contributed by atoms with Gasteiger partial charge in [-0.2, -0.15) is 0 Å². The molecule has 1 heterocycles. The summed E-state index contributed by atoms with van der Waals surface area (Å²) in [5.41, 5.74) is 3.65. The van der Waals surface area contributed by atoms with E-state index in [-0.39, 0.29) is 35.3 Å². The van der Waals surface area contributed by atoms with Gasteiger partial charge in [-0.15, -0.1) is 17.0 Å². The molecule has 0 radical (unpaired) electrons. The smallest absolute Gasteiger partial charge is 0.305 e. The number of rotatable bonds is 8. The molecule has 3 N–H and O–H groups in total. The quantitative estimate of drug-likeness (QED) is 0.404. The summed E-state index contributed by atoms with van der Waals surface area (Å²) in [6.07, 6.45) is 0.727. The van der Waals surface area contributed by atoms with Gasteiger partial charge in [0.1, 0.15) is 5.82 Å². The van der Waals surface area contributed by atoms with Crippen LogP contribution in [0.5, 0.6) is 0 Å². The molecule has 0 saturated heterocycles. The number of carbonyl (C=O) groups is 1. The lowest BCUT2D eigenvalue weighted by Gasteiger charge is -2.15. The Balaban J connectivity index is 0.00000341. The second-order valence-electron chi connectivity index (χ2n) is 7.66. The first-order valence-electron chi connectivity index (χ1n) is 9.93. The minimum Gasteiger partial charge on any atom is -0.481 e. The molecule has 31 heavy (non-hydrogen) atoms. The molecule has 0 unspecified atom stereocenters. The topological polar surface area (TPSA) is 82.7 Å². The molecule has 0 bridgehead atoms. The van der Waals surface area contributed by atoms with Crippen LogP contribution < -0.4 is 0 Å². The zero-order chi connectivity index (χ0) is 21.8. The Morgan fingerprint density at radius 1 is 1.10 bits per heavy atom. The van der Waals surface area contributed by atoms with Gasteiger partial charge in [-0.1, -0.05) is 36.4 Å². The summed E-state index contributed by atoms with van der Waals surface area (Å²) in [7, 11) is 0. The molecule has 0 fully saturated rings. The first-order valence-corrected chi connectivity index (χ1v) is 9.93. The number of hydrogen-bond donors (Lipinski definition) is 3. The van der Waals surface area contributed by atoms with Gasteiger partial charge in [0, 0.05) is 34.6 Å². The highest BCUT2D eigenvalue weighted by Gasteiger charge is 2.19. The van der Waals surface area contributed by atoms with E-state index in [4.69, 9.17) is 5.11 Å². The number of aromatic nitrogens is 1. The maximum atomic E-state index is 13.5. The highest BCUT2D eigenvalue weighted by molar-refractivity contribution is 8.93. The van der Waals surface area contributed by atoms with Crippen molar-refractivity contribution in [1.82, 2.24) is 4.57 Å². The van der Waals surface area contributed by atoms with Crippen molar-refractivity contribution in [3.05, 3.63) is 66.1 Å². The summed E-state index contributed by atoms with van der Waals surface area (Å²) < 4.78 is 15.6. The average molecular weight is 492 g/mol. The van der Waals surface area contributed by atoms with E-state index in [9.17, 15) is 19.4 Å². The predicted octanol–water partition coefficient (Wildman–Crippen LogP) is 5.21. The van der Waals surface area contributed by atoms with Crippen molar-refractivity contribution in [3.63, 3.8) is 0 Å². The highest BCUT2D eigenvalue weighted by atomic mass is 79.9. The monoisotopic (exact) mass is 491 g/mol. The van der Waals surface area contributed by atoms with Gasteiger partial charge >= 0.3 is 5.97 Å². The molecule has 0 spiro atoms. The van der Waals surface area contributed by atoms with Crippen molar-refractivity contribution in [3.8, 4) is 11.1 Å². The fourth-order valence-corrected chi connectivity index (χ4v) is 3.77. The number of carboxylic acid groups (broad SMARTS) is 1. The van der Waals surface area contributed by atoms with E-state index in [1.54, 1.807) is 24.3 Å². The lowest BCUT2D eigenvalue weighted by Crippen LogP contribution is -2.19. The molecular formula is C24H27BrFNO4. The molecule has 1 aromatic heterocycles. The molecular weight excluding hydrogens is 465 g/mol. The van der Waals surface area contributed by atoms with Crippen molar-refractivity contribution in [2.24, 2.45) is 0 Å². The number of aliphatic hydroxyl groups is 2.